The molecule has 2 N–H and O–H groups in total. The number of anilines is 1. The molecule has 130 valence electrons. The Morgan fingerprint density at radius 2 is 2.25 bits per heavy atom. The van der Waals surface area contributed by atoms with Gasteiger partial charge < -0.3 is 19.5 Å². The van der Waals surface area contributed by atoms with Crippen molar-refractivity contribution in [1.29, 1.82) is 0 Å². The summed E-state index contributed by atoms with van der Waals surface area (Å²) in [5.74, 6) is 1.14. The second kappa shape index (κ2) is 8.06. The number of rotatable bonds is 6. The maximum atomic E-state index is 12.0. The Labute approximate surface area is 148 Å². The van der Waals surface area contributed by atoms with Gasteiger partial charge in [-0.2, -0.15) is 0 Å². The maximum Gasteiger partial charge on any atom is 0.236 e. The molecule has 2 aromatic rings. The Kier molecular flexibility index (Phi) is 5.82. The summed E-state index contributed by atoms with van der Waals surface area (Å²) in [5, 5.41) is 14.6. The second-order valence-corrected chi connectivity index (χ2v) is 7.43. The molecule has 0 radical (unpaired) electrons. The van der Waals surface area contributed by atoms with Gasteiger partial charge in [0.2, 0.25) is 5.91 Å². The van der Waals surface area contributed by atoms with E-state index in [1.54, 1.807) is 0 Å². The molecule has 0 atom stereocenters. The first-order valence-electron chi connectivity index (χ1n) is 7.76. The first kappa shape index (κ1) is 17.3. The highest BCUT2D eigenvalue weighted by atomic mass is 32.2. The number of carbonyl (C=O) groups is 1. The molecular weight excluding hydrogens is 348 g/mol. The normalized spacial score (nSPS) is 15.6. The van der Waals surface area contributed by atoms with E-state index in [4.69, 9.17) is 4.74 Å². The number of amides is 1. The van der Waals surface area contributed by atoms with Crippen LogP contribution in [0.5, 0.6) is 0 Å². The van der Waals surface area contributed by atoms with E-state index in [0.29, 0.717) is 5.13 Å². The van der Waals surface area contributed by atoms with Crippen LogP contribution in [0.4, 0.5) is 5.13 Å². The lowest BCUT2D eigenvalue weighted by atomic mass is 10.4. The number of thioether (sulfide) groups is 1. The summed E-state index contributed by atoms with van der Waals surface area (Å²) in [4.78, 5) is 17.7. The molecule has 0 spiro atoms. The highest BCUT2D eigenvalue weighted by molar-refractivity contribution is 7.99. The fraction of sp³-hybridized carbons (Fsp3) is 0.571. The van der Waals surface area contributed by atoms with Gasteiger partial charge in [0.05, 0.1) is 24.7 Å². The van der Waals surface area contributed by atoms with E-state index in [9.17, 15) is 4.79 Å². The zero-order valence-electron chi connectivity index (χ0n) is 13.7. The van der Waals surface area contributed by atoms with Gasteiger partial charge in [0.15, 0.2) is 16.1 Å². The number of carbonyl (C=O) groups excluding carboxylic acids is 1. The van der Waals surface area contributed by atoms with Crippen LogP contribution >= 0.6 is 23.1 Å². The van der Waals surface area contributed by atoms with E-state index in [1.807, 2.05) is 23.9 Å². The van der Waals surface area contributed by atoms with Gasteiger partial charge in [-0.15, -0.1) is 21.5 Å². The first-order valence-corrected chi connectivity index (χ1v) is 9.62. The second-order valence-electron chi connectivity index (χ2n) is 5.63. The Morgan fingerprint density at radius 1 is 1.46 bits per heavy atom. The van der Waals surface area contributed by atoms with Crippen LogP contribution in [0.2, 0.25) is 0 Å². The lowest BCUT2D eigenvalue weighted by Crippen LogP contribution is -3.12. The van der Waals surface area contributed by atoms with Crippen molar-refractivity contribution in [3.05, 3.63) is 16.9 Å². The molecule has 0 bridgehead atoms. The molecule has 1 aliphatic rings. The van der Waals surface area contributed by atoms with Crippen molar-refractivity contribution in [3.8, 4) is 0 Å². The lowest BCUT2D eigenvalue weighted by Gasteiger charge is -2.23. The summed E-state index contributed by atoms with van der Waals surface area (Å²) >= 11 is 2.81. The molecule has 3 heterocycles. The van der Waals surface area contributed by atoms with Crippen molar-refractivity contribution in [3.63, 3.8) is 0 Å². The van der Waals surface area contributed by atoms with E-state index in [1.165, 1.54) is 28.0 Å². The molecule has 1 aliphatic heterocycles. The Morgan fingerprint density at radius 3 is 2.96 bits per heavy atom. The van der Waals surface area contributed by atoms with Crippen molar-refractivity contribution in [1.82, 2.24) is 19.7 Å². The van der Waals surface area contributed by atoms with Crippen molar-refractivity contribution in [2.45, 2.75) is 18.6 Å². The topological polar surface area (TPSA) is 86.4 Å². The summed E-state index contributed by atoms with van der Waals surface area (Å²) in [6.45, 7) is 6.31. The van der Waals surface area contributed by atoms with Gasteiger partial charge in [-0.1, -0.05) is 11.8 Å². The molecular formula is C14H21N6O2S2+. The van der Waals surface area contributed by atoms with Crippen LogP contribution in [0.25, 0.3) is 0 Å². The molecule has 1 saturated heterocycles. The van der Waals surface area contributed by atoms with E-state index in [2.05, 4.69) is 20.5 Å². The molecule has 24 heavy (non-hydrogen) atoms. The maximum absolute atomic E-state index is 12.0. The first-order chi connectivity index (χ1) is 11.6. The Bertz CT molecular complexity index is 695. The SMILES string of the molecule is Cc1csc(NC(=O)CSc2nnc(C[NH+]3CCOCC3)n2C)n1. The average molecular weight is 369 g/mol. The highest BCUT2D eigenvalue weighted by Gasteiger charge is 2.19. The lowest BCUT2D eigenvalue weighted by molar-refractivity contribution is -0.922. The number of nitrogens with one attached hydrogen (secondary N) is 2. The monoisotopic (exact) mass is 369 g/mol. The van der Waals surface area contributed by atoms with Gasteiger partial charge in [0, 0.05) is 12.4 Å². The number of ether oxygens (including phenoxy) is 1. The smallest absolute Gasteiger partial charge is 0.236 e. The fourth-order valence-corrected chi connectivity index (χ4v) is 3.82. The highest BCUT2D eigenvalue weighted by Crippen LogP contribution is 2.18. The summed E-state index contributed by atoms with van der Waals surface area (Å²) in [6, 6.07) is 0. The van der Waals surface area contributed by atoms with Gasteiger partial charge in [0.1, 0.15) is 19.6 Å². The summed E-state index contributed by atoms with van der Waals surface area (Å²) < 4.78 is 7.34. The zero-order valence-corrected chi connectivity index (χ0v) is 15.4. The van der Waals surface area contributed by atoms with Gasteiger partial charge in [0.25, 0.3) is 0 Å². The van der Waals surface area contributed by atoms with Crippen molar-refractivity contribution >= 4 is 34.1 Å². The minimum Gasteiger partial charge on any atom is -0.370 e. The van der Waals surface area contributed by atoms with E-state index in [-0.39, 0.29) is 11.7 Å². The third kappa shape index (κ3) is 4.53. The minimum atomic E-state index is -0.0855. The van der Waals surface area contributed by atoms with Crippen LogP contribution in [0.1, 0.15) is 11.5 Å². The number of quaternary nitrogens is 1. The van der Waals surface area contributed by atoms with Gasteiger partial charge in [-0.25, -0.2) is 4.98 Å². The number of hydrogen-bond acceptors (Lipinski definition) is 7. The molecule has 0 saturated carbocycles. The fourth-order valence-electron chi connectivity index (χ4n) is 2.38. The molecule has 2 aromatic heterocycles. The van der Waals surface area contributed by atoms with Gasteiger partial charge >= 0.3 is 0 Å². The van der Waals surface area contributed by atoms with Gasteiger partial charge in [-0.05, 0) is 6.92 Å². The number of nitrogens with zero attached hydrogens (tertiary/aromatic N) is 4. The number of thiazole rings is 1. The van der Waals surface area contributed by atoms with Crippen molar-refractivity contribution in [2.24, 2.45) is 7.05 Å². The van der Waals surface area contributed by atoms with Crippen molar-refractivity contribution in [2.75, 3.05) is 37.4 Å². The molecule has 1 amide bonds. The summed E-state index contributed by atoms with van der Waals surface area (Å²) in [5.41, 5.74) is 0.909. The molecule has 10 heteroatoms. The van der Waals surface area contributed by atoms with E-state index < -0.39 is 0 Å². The van der Waals surface area contributed by atoms with Crippen molar-refractivity contribution < 1.29 is 14.4 Å². The molecule has 8 nitrogen and oxygen atoms in total. The number of morpholine rings is 1. The third-order valence-electron chi connectivity index (χ3n) is 3.73. The van der Waals surface area contributed by atoms with Crippen LogP contribution < -0.4 is 10.2 Å². The minimum absolute atomic E-state index is 0.0855. The molecule has 0 aromatic carbocycles. The molecule has 0 unspecified atom stereocenters. The number of hydrogen-bond donors (Lipinski definition) is 2. The third-order valence-corrected chi connectivity index (χ3v) is 5.63. The quantitative estimate of drug-likeness (QED) is 0.682. The van der Waals surface area contributed by atoms with E-state index >= 15 is 0 Å². The standard InChI is InChI=1S/C14H20N6O2S2/c1-10-8-23-13(15-10)16-12(21)9-24-14-18-17-11(19(14)2)7-20-3-5-22-6-4-20/h8H,3-7,9H2,1-2H3,(H,15,16,21)/p+1. The van der Waals surface area contributed by atoms with Crippen LogP contribution in [-0.2, 0) is 23.1 Å². The van der Waals surface area contributed by atoms with Crippen LogP contribution in [0.15, 0.2) is 10.5 Å². The average Bonchev–Trinajstić information content (AvgIpc) is 3.13. The van der Waals surface area contributed by atoms with Crippen LogP contribution in [-0.4, -0.2) is 57.7 Å². The zero-order chi connectivity index (χ0) is 16.9. The summed E-state index contributed by atoms with van der Waals surface area (Å²) in [7, 11) is 1.94. The Hall–Kier alpha value is -1.49. The Balaban J connectivity index is 1.51. The molecule has 3 rings (SSSR count). The molecule has 0 aliphatic carbocycles. The van der Waals surface area contributed by atoms with Gasteiger partial charge in [-0.3, -0.25) is 4.79 Å². The van der Waals surface area contributed by atoms with E-state index in [0.717, 1.165) is 49.5 Å². The van der Waals surface area contributed by atoms with Crippen LogP contribution in [0.3, 0.4) is 0 Å². The number of aromatic nitrogens is 4. The number of aryl methyl sites for hydroxylation is 1. The molecule has 1 fully saturated rings. The summed E-state index contributed by atoms with van der Waals surface area (Å²) in [6.07, 6.45) is 0. The predicted molar refractivity (Wildman–Crippen MR) is 92.4 cm³/mol. The largest absolute Gasteiger partial charge is 0.370 e. The van der Waals surface area contributed by atoms with Crippen LogP contribution in [0, 0.1) is 6.92 Å². The predicted octanol–water partition coefficient (Wildman–Crippen LogP) is -0.274.